The van der Waals surface area contributed by atoms with Crippen LogP contribution in [-0.2, 0) is 4.79 Å². The number of aromatic nitrogens is 4. The minimum atomic E-state index is -0.790. The number of hydrogen-bond donors (Lipinski definition) is 3. The van der Waals surface area contributed by atoms with Crippen LogP contribution in [-0.4, -0.2) is 41.9 Å². The number of nitro groups is 2. The Morgan fingerprint density at radius 2 is 1.91 bits per heavy atom. The fourth-order valence-electron chi connectivity index (χ4n) is 2.39. The van der Waals surface area contributed by atoms with Crippen molar-refractivity contribution in [1.29, 1.82) is 0 Å². The van der Waals surface area contributed by atoms with E-state index in [2.05, 4.69) is 35.8 Å². The summed E-state index contributed by atoms with van der Waals surface area (Å²) in [6.07, 6.45) is 2.39. The van der Waals surface area contributed by atoms with E-state index in [0.29, 0.717) is 0 Å². The Morgan fingerprint density at radius 1 is 1.18 bits per heavy atom. The molecule has 2 aromatic heterocycles. The van der Waals surface area contributed by atoms with Gasteiger partial charge >= 0.3 is 5.69 Å². The lowest BCUT2D eigenvalue weighted by atomic mass is 9.96. The molecule has 0 aliphatic heterocycles. The first-order chi connectivity index (χ1) is 15.5. The van der Waals surface area contributed by atoms with E-state index in [1.54, 1.807) is 20.8 Å². The average Bonchev–Trinajstić information content (AvgIpc) is 2.73. The van der Waals surface area contributed by atoms with Gasteiger partial charge in [-0.15, -0.1) is 0 Å². The van der Waals surface area contributed by atoms with Gasteiger partial charge in [0.15, 0.2) is 11.2 Å². The fraction of sp³-hybridized carbons (Fsp3) is 0.222. The zero-order chi connectivity index (χ0) is 24.3. The van der Waals surface area contributed by atoms with Gasteiger partial charge in [-0.25, -0.2) is 9.97 Å². The maximum absolute atomic E-state index is 12.3. The molecule has 0 unspecified atom stereocenters. The van der Waals surface area contributed by atoms with Crippen molar-refractivity contribution < 1.29 is 14.6 Å². The van der Waals surface area contributed by atoms with Crippen molar-refractivity contribution in [2.45, 2.75) is 20.8 Å². The molecule has 15 heteroatoms. The molecule has 0 aliphatic carbocycles. The summed E-state index contributed by atoms with van der Waals surface area (Å²) in [6.45, 7) is 5.10. The van der Waals surface area contributed by atoms with Gasteiger partial charge in [0.05, 0.1) is 28.3 Å². The van der Waals surface area contributed by atoms with Crippen LogP contribution in [0, 0.1) is 25.6 Å². The lowest BCUT2D eigenvalue weighted by Gasteiger charge is -2.16. The molecule has 0 saturated heterocycles. The van der Waals surface area contributed by atoms with Crippen molar-refractivity contribution in [2.75, 3.05) is 10.7 Å². The molecule has 1 amide bonds. The van der Waals surface area contributed by atoms with Crippen molar-refractivity contribution in [3.8, 4) is 0 Å². The number of non-ortho nitro benzene ring substituents is 1. The van der Waals surface area contributed by atoms with E-state index in [1.807, 2.05) is 0 Å². The Morgan fingerprint density at radius 3 is 2.55 bits per heavy atom. The average molecular weight is 455 g/mol. The van der Waals surface area contributed by atoms with Gasteiger partial charge in [-0.1, -0.05) is 20.8 Å². The molecule has 3 aromatic rings. The fourth-order valence-corrected chi connectivity index (χ4v) is 2.39. The van der Waals surface area contributed by atoms with Gasteiger partial charge in [-0.05, 0) is 6.07 Å². The number of anilines is 2. The van der Waals surface area contributed by atoms with Gasteiger partial charge in [-0.2, -0.15) is 10.1 Å². The monoisotopic (exact) mass is 455 g/mol. The molecular formula is C18H17N9O6. The van der Waals surface area contributed by atoms with Crippen LogP contribution >= 0.6 is 0 Å². The van der Waals surface area contributed by atoms with Crippen LogP contribution in [0.2, 0.25) is 0 Å². The second kappa shape index (κ2) is 8.74. The number of amides is 1. The number of H-pyrrole nitrogens is 1. The van der Waals surface area contributed by atoms with Crippen molar-refractivity contribution in [3.63, 3.8) is 0 Å². The maximum atomic E-state index is 12.3. The van der Waals surface area contributed by atoms with Crippen molar-refractivity contribution in [1.82, 2.24) is 19.9 Å². The first-order valence-corrected chi connectivity index (χ1v) is 9.26. The Labute approximate surface area is 184 Å². The minimum Gasteiger partial charge on any atom is -0.296 e. The number of hydrogen-bond acceptors (Lipinski definition) is 11. The molecule has 170 valence electrons. The van der Waals surface area contributed by atoms with Gasteiger partial charge in [0.25, 0.3) is 11.2 Å². The minimum absolute atomic E-state index is 0.0147. The van der Waals surface area contributed by atoms with Crippen LogP contribution < -0.4 is 16.3 Å². The van der Waals surface area contributed by atoms with Crippen LogP contribution in [0.25, 0.3) is 11.2 Å². The summed E-state index contributed by atoms with van der Waals surface area (Å²) in [7, 11) is 0. The molecule has 1 aromatic carbocycles. The van der Waals surface area contributed by atoms with Crippen molar-refractivity contribution >= 4 is 46.3 Å². The first kappa shape index (κ1) is 22.9. The van der Waals surface area contributed by atoms with Crippen LogP contribution in [0.4, 0.5) is 23.0 Å². The van der Waals surface area contributed by atoms with Crippen molar-refractivity contribution in [2.24, 2.45) is 10.5 Å². The molecule has 0 spiro atoms. The third-order valence-corrected chi connectivity index (χ3v) is 4.12. The van der Waals surface area contributed by atoms with Crippen LogP contribution in [0.1, 0.15) is 26.5 Å². The number of nitrogens with one attached hydrogen (secondary N) is 3. The summed E-state index contributed by atoms with van der Waals surface area (Å²) in [4.78, 5) is 59.4. The lowest BCUT2D eigenvalue weighted by Crippen LogP contribution is -2.29. The van der Waals surface area contributed by atoms with Crippen LogP contribution in [0.5, 0.6) is 0 Å². The number of aromatic amines is 1. The number of benzene rings is 1. The molecule has 0 saturated carbocycles. The highest BCUT2D eigenvalue weighted by atomic mass is 16.6. The summed E-state index contributed by atoms with van der Waals surface area (Å²) in [6, 6.07) is 3.03. The second-order valence-corrected chi connectivity index (χ2v) is 7.67. The Balaban J connectivity index is 1.83. The molecule has 0 fully saturated rings. The largest absolute Gasteiger partial charge is 0.301 e. The predicted octanol–water partition coefficient (Wildman–Crippen LogP) is 1.96. The number of nitrogens with zero attached hydrogens (tertiary/aromatic N) is 6. The van der Waals surface area contributed by atoms with E-state index < -0.39 is 32.2 Å². The third kappa shape index (κ3) is 5.27. The second-order valence-electron chi connectivity index (χ2n) is 7.67. The predicted molar refractivity (Wildman–Crippen MR) is 117 cm³/mol. The summed E-state index contributed by atoms with van der Waals surface area (Å²) in [5.74, 6) is -0.427. The SMILES string of the molecule is CC(C)(C)C(=O)Nc1nc2ncc(/C=N/Nc3ccc([N+](=O)[O-])cc3[N+](=O)[O-])nc2c(=O)[nH]1. The molecule has 0 bridgehead atoms. The van der Waals surface area contributed by atoms with Gasteiger partial charge in [0.1, 0.15) is 11.4 Å². The van der Waals surface area contributed by atoms with Crippen molar-refractivity contribution in [3.05, 3.63) is 60.7 Å². The quantitative estimate of drug-likeness (QED) is 0.279. The molecule has 0 atom stereocenters. The third-order valence-electron chi connectivity index (χ3n) is 4.12. The van der Waals surface area contributed by atoms with E-state index in [4.69, 9.17) is 0 Å². The molecule has 0 radical (unpaired) electrons. The Hall–Kier alpha value is -4.82. The molecule has 3 rings (SSSR count). The summed E-state index contributed by atoms with van der Waals surface area (Å²) in [5, 5.41) is 28.3. The highest BCUT2D eigenvalue weighted by molar-refractivity contribution is 5.93. The highest BCUT2D eigenvalue weighted by Crippen LogP contribution is 2.28. The van der Waals surface area contributed by atoms with Crippen LogP contribution in [0.15, 0.2) is 34.3 Å². The molecule has 0 aliphatic rings. The van der Waals surface area contributed by atoms with E-state index in [0.717, 1.165) is 24.4 Å². The lowest BCUT2D eigenvalue weighted by molar-refractivity contribution is -0.393. The number of carbonyl (C=O) groups is 1. The van der Waals surface area contributed by atoms with E-state index in [9.17, 15) is 29.8 Å². The normalized spacial score (nSPS) is 11.5. The molecule has 2 heterocycles. The Bertz CT molecular complexity index is 1360. The smallest absolute Gasteiger partial charge is 0.296 e. The maximum Gasteiger partial charge on any atom is 0.301 e. The van der Waals surface area contributed by atoms with E-state index >= 15 is 0 Å². The zero-order valence-electron chi connectivity index (χ0n) is 17.5. The first-order valence-electron chi connectivity index (χ1n) is 9.26. The zero-order valence-corrected chi connectivity index (χ0v) is 17.5. The number of fused-ring (bicyclic) bond motifs is 1. The van der Waals surface area contributed by atoms with E-state index in [1.165, 1.54) is 6.20 Å². The standard InChI is InChI=1S/C18H17N9O6/c1-18(2,3)16(29)24-17-22-14-13(15(28)23-17)21-9(7-19-14)8-20-25-11-5-4-10(26(30)31)6-12(11)27(32)33/h4-8,25H,1-3H3,(H2,19,22,23,24,28,29)/b20-8+. The highest BCUT2D eigenvalue weighted by Gasteiger charge is 2.22. The number of rotatable bonds is 6. The Kier molecular flexibility index (Phi) is 6.05. The number of carbonyl (C=O) groups excluding carboxylic acids is 1. The number of hydrazone groups is 1. The van der Waals surface area contributed by atoms with Crippen LogP contribution in [0.3, 0.4) is 0 Å². The molecule has 15 nitrogen and oxygen atoms in total. The summed E-state index contributed by atoms with van der Waals surface area (Å²) in [5.41, 5.74) is -0.0300. The molecule has 33 heavy (non-hydrogen) atoms. The van der Waals surface area contributed by atoms with Gasteiger partial charge in [0.2, 0.25) is 11.9 Å². The number of nitro benzene ring substituents is 2. The van der Waals surface area contributed by atoms with E-state index in [-0.39, 0.29) is 34.4 Å². The molecule has 3 N–H and O–H groups in total. The van der Waals surface area contributed by atoms with Gasteiger partial charge < -0.3 is 0 Å². The van der Waals surface area contributed by atoms with Gasteiger partial charge in [0, 0.05) is 11.5 Å². The molecular weight excluding hydrogens is 438 g/mol. The summed E-state index contributed by atoms with van der Waals surface area (Å²) >= 11 is 0. The summed E-state index contributed by atoms with van der Waals surface area (Å²) < 4.78 is 0. The topological polar surface area (TPSA) is 211 Å². The van der Waals surface area contributed by atoms with Gasteiger partial charge in [-0.3, -0.25) is 45.5 Å².